The van der Waals surface area contributed by atoms with Gasteiger partial charge in [-0.2, -0.15) is 0 Å². The van der Waals surface area contributed by atoms with E-state index >= 15 is 0 Å². The molecule has 2 saturated carbocycles. The third kappa shape index (κ3) is 2.43. The maximum atomic E-state index is 13.6. The van der Waals surface area contributed by atoms with Crippen molar-refractivity contribution in [3.8, 4) is 0 Å². The average molecular weight is 481 g/mol. The maximum absolute atomic E-state index is 13.6. The summed E-state index contributed by atoms with van der Waals surface area (Å²) < 4.78 is 0. The lowest BCUT2D eigenvalue weighted by Gasteiger charge is -2.42. The van der Waals surface area contributed by atoms with Crippen LogP contribution in [0.5, 0.6) is 0 Å². The summed E-state index contributed by atoms with van der Waals surface area (Å²) in [6.07, 6.45) is 0.929. The van der Waals surface area contributed by atoms with Crippen molar-refractivity contribution in [1.82, 2.24) is 4.98 Å². The Morgan fingerprint density at radius 3 is 2.47 bits per heavy atom. The number of H-pyrrole nitrogens is 1. The second-order valence-electron chi connectivity index (χ2n) is 9.32. The van der Waals surface area contributed by atoms with Gasteiger partial charge in [0.2, 0.25) is 11.8 Å². The number of aromatic nitrogens is 1. The van der Waals surface area contributed by atoms with Crippen molar-refractivity contribution in [1.29, 1.82) is 0 Å². The van der Waals surface area contributed by atoms with Gasteiger partial charge in [-0.05, 0) is 54.7 Å². The fraction of sp³-hybridized carbons (Fsp3) is 0.375. The van der Waals surface area contributed by atoms with E-state index in [-0.39, 0.29) is 57.4 Å². The predicted molar refractivity (Wildman–Crippen MR) is 126 cm³/mol. The largest absolute Gasteiger partial charge is 0.307 e. The second kappa shape index (κ2) is 6.68. The number of thiazole rings is 1. The number of hydrogen-bond acceptors (Lipinski definition) is 6. The number of nitrogens with one attached hydrogen (secondary N) is 1. The minimum Gasteiger partial charge on any atom is -0.307 e. The first-order chi connectivity index (χ1) is 15.5. The van der Waals surface area contributed by atoms with E-state index in [1.807, 2.05) is 31.2 Å². The first-order valence-electron chi connectivity index (χ1n) is 10.9. The summed E-state index contributed by atoms with van der Waals surface area (Å²) in [4.78, 5) is 46.3. The molecule has 1 saturated heterocycles. The molecule has 7 rings (SSSR count). The summed E-state index contributed by atoms with van der Waals surface area (Å²) >= 11 is 4.77. The van der Waals surface area contributed by atoms with Crippen LogP contribution < -0.4 is 9.77 Å². The molecule has 2 bridgehead atoms. The molecule has 0 spiro atoms. The quantitative estimate of drug-likeness (QED) is 0.549. The molecule has 3 fully saturated rings. The van der Waals surface area contributed by atoms with Gasteiger partial charge >= 0.3 is 4.87 Å². The van der Waals surface area contributed by atoms with Gasteiger partial charge in [0, 0.05) is 20.9 Å². The van der Waals surface area contributed by atoms with E-state index in [4.69, 9.17) is 0 Å². The van der Waals surface area contributed by atoms with Crippen LogP contribution in [0, 0.1) is 36.5 Å². The molecule has 5 nitrogen and oxygen atoms in total. The zero-order valence-corrected chi connectivity index (χ0v) is 19.6. The van der Waals surface area contributed by atoms with Gasteiger partial charge in [-0.25, -0.2) is 0 Å². The van der Waals surface area contributed by atoms with Crippen molar-refractivity contribution in [2.75, 3.05) is 4.90 Å². The fourth-order valence-electron chi connectivity index (χ4n) is 6.75. The van der Waals surface area contributed by atoms with Gasteiger partial charge in [0.05, 0.1) is 22.5 Å². The van der Waals surface area contributed by atoms with Crippen LogP contribution in [0.4, 0.5) is 5.69 Å². The smallest absolute Gasteiger partial charge is 0.305 e. The third-order valence-electron chi connectivity index (χ3n) is 7.87. The molecule has 7 atom stereocenters. The Morgan fingerprint density at radius 1 is 1.00 bits per heavy atom. The number of amides is 2. The lowest BCUT2D eigenvalue weighted by atomic mass is 9.69. The number of rotatable bonds is 2. The third-order valence-corrected chi connectivity index (χ3v) is 11.4. The number of carbonyl (C=O) groups excluding carboxylic acids is 2. The van der Waals surface area contributed by atoms with Crippen LogP contribution in [0.1, 0.15) is 27.7 Å². The molecule has 32 heavy (non-hydrogen) atoms. The number of thiophene rings is 1. The molecule has 1 N–H and O–H groups in total. The molecule has 4 aliphatic rings. The molecule has 1 aromatic carbocycles. The first kappa shape index (κ1) is 19.3. The van der Waals surface area contributed by atoms with E-state index < -0.39 is 0 Å². The predicted octanol–water partition coefficient (Wildman–Crippen LogP) is 4.48. The fourth-order valence-corrected chi connectivity index (χ4v) is 10.6. The van der Waals surface area contributed by atoms with E-state index in [0.29, 0.717) is 5.69 Å². The van der Waals surface area contributed by atoms with Crippen LogP contribution in [0.3, 0.4) is 0 Å². The minimum atomic E-state index is -0.240. The van der Waals surface area contributed by atoms with Crippen LogP contribution in [-0.2, 0) is 9.59 Å². The van der Waals surface area contributed by atoms with Gasteiger partial charge in [0.1, 0.15) is 0 Å². The summed E-state index contributed by atoms with van der Waals surface area (Å²) in [5.41, 5.74) is 1.79. The highest BCUT2D eigenvalue weighted by Crippen LogP contribution is 2.68. The molecule has 2 aliphatic carbocycles. The molecular weight excluding hydrogens is 460 g/mol. The SMILES string of the molecule is Cc1ccc(N2C(=O)[C@@H]3[C@@H]4C[C@H]([C@H]5Sc6[nH]c(=O)sc6[C@@H](c6cccs6)[C@H]45)[C@@H]3C2=O)cc1. The Hall–Kier alpha value is -2.16. The van der Waals surface area contributed by atoms with Crippen LogP contribution in [0.15, 0.2) is 51.6 Å². The number of anilines is 1. The highest BCUT2D eigenvalue weighted by atomic mass is 32.2. The van der Waals surface area contributed by atoms with Crippen molar-refractivity contribution < 1.29 is 9.59 Å². The maximum Gasteiger partial charge on any atom is 0.305 e. The topological polar surface area (TPSA) is 70.2 Å². The highest BCUT2D eigenvalue weighted by molar-refractivity contribution is 8.00. The number of nitrogens with zero attached hydrogens (tertiary/aromatic N) is 1. The van der Waals surface area contributed by atoms with Crippen molar-refractivity contribution in [2.45, 2.75) is 29.5 Å². The van der Waals surface area contributed by atoms with Crippen molar-refractivity contribution >= 4 is 51.9 Å². The zero-order valence-electron chi connectivity index (χ0n) is 17.2. The molecule has 162 valence electrons. The molecule has 2 aromatic heterocycles. The molecule has 8 heteroatoms. The molecule has 0 unspecified atom stereocenters. The monoisotopic (exact) mass is 480 g/mol. The van der Waals surface area contributed by atoms with Crippen molar-refractivity contribution in [2.24, 2.45) is 29.6 Å². The number of carbonyl (C=O) groups is 2. The number of thioether (sulfide) groups is 1. The van der Waals surface area contributed by atoms with Gasteiger partial charge in [-0.1, -0.05) is 35.1 Å². The molecule has 4 heterocycles. The summed E-state index contributed by atoms with van der Waals surface area (Å²) in [6, 6.07) is 11.9. The number of aromatic amines is 1. The van der Waals surface area contributed by atoms with E-state index in [2.05, 4.69) is 22.5 Å². The summed E-state index contributed by atoms with van der Waals surface area (Å²) in [7, 11) is 0. The van der Waals surface area contributed by atoms with E-state index in [0.717, 1.165) is 21.9 Å². The Labute approximate surface area is 196 Å². The molecular formula is C24H20N2O3S3. The van der Waals surface area contributed by atoms with Gasteiger partial charge in [-0.15, -0.1) is 23.1 Å². The Balaban J connectivity index is 1.32. The zero-order chi connectivity index (χ0) is 21.7. The average Bonchev–Trinajstić information content (AvgIpc) is 3.57. The van der Waals surface area contributed by atoms with Crippen molar-refractivity contribution in [3.63, 3.8) is 0 Å². The molecule has 0 radical (unpaired) electrons. The van der Waals surface area contributed by atoms with E-state index in [1.165, 1.54) is 21.1 Å². The number of hydrogen-bond donors (Lipinski definition) is 1. The molecule has 3 aromatic rings. The first-order valence-corrected chi connectivity index (χ1v) is 13.5. The Bertz CT molecular complexity index is 1310. The lowest BCUT2D eigenvalue weighted by Crippen LogP contribution is -2.42. The highest BCUT2D eigenvalue weighted by Gasteiger charge is 2.69. The van der Waals surface area contributed by atoms with E-state index in [1.54, 1.807) is 23.1 Å². The normalized spacial score (nSPS) is 34.7. The number of fused-ring (bicyclic) bond motifs is 9. The standard InChI is InChI=1S/C24H20N2O3S3/c1-10-4-6-11(7-5-10)26-22(27)16-12-9-13(17(16)23(26)28)19-15(12)18(14-3-2-8-30-14)20-21(31-19)25-24(29)32-20/h2-8,12-13,15-19H,9H2,1H3,(H,25,29)/t12-,13+,15+,16-,17+,18+,19-/m1/s1. The van der Waals surface area contributed by atoms with Gasteiger partial charge in [0.25, 0.3) is 0 Å². The number of aryl methyl sites for hydroxylation is 1. The number of imide groups is 1. The van der Waals surface area contributed by atoms with Gasteiger partial charge in [-0.3, -0.25) is 19.3 Å². The lowest BCUT2D eigenvalue weighted by molar-refractivity contribution is -0.123. The van der Waals surface area contributed by atoms with Crippen LogP contribution >= 0.6 is 34.4 Å². The Morgan fingerprint density at radius 2 is 1.75 bits per heavy atom. The van der Waals surface area contributed by atoms with Gasteiger partial charge < -0.3 is 4.98 Å². The summed E-state index contributed by atoms with van der Waals surface area (Å²) in [6.45, 7) is 2.00. The molecule has 2 amide bonds. The van der Waals surface area contributed by atoms with Crippen molar-refractivity contribution in [3.05, 3.63) is 66.8 Å². The van der Waals surface area contributed by atoms with Gasteiger partial charge in [0.15, 0.2) is 0 Å². The molecule has 2 aliphatic heterocycles. The number of benzene rings is 1. The van der Waals surface area contributed by atoms with E-state index in [9.17, 15) is 14.4 Å². The van der Waals surface area contributed by atoms with Crippen LogP contribution in [0.2, 0.25) is 0 Å². The Kier molecular flexibility index (Phi) is 4.03. The summed E-state index contributed by atoms with van der Waals surface area (Å²) in [5.74, 6) is 0.211. The minimum absolute atomic E-state index is 0.0192. The van der Waals surface area contributed by atoms with Crippen LogP contribution in [-0.4, -0.2) is 22.0 Å². The second-order valence-corrected chi connectivity index (χ2v) is 12.5. The summed E-state index contributed by atoms with van der Waals surface area (Å²) in [5, 5.41) is 3.30. The van der Waals surface area contributed by atoms with Crippen LogP contribution in [0.25, 0.3) is 0 Å².